The Balaban J connectivity index is 0.000000157. The predicted molar refractivity (Wildman–Crippen MR) is 152 cm³/mol. The van der Waals surface area contributed by atoms with Crippen molar-refractivity contribution in [3.63, 3.8) is 0 Å². The highest BCUT2D eigenvalue weighted by atomic mass is 127. The Morgan fingerprint density at radius 3 is 1.90 bits per heavy atom. The molecule has 6 heterocycles. The molecule has 0 aromatic carbocycles. The van der Waals surface area contributed by atoms with Crippen LogP contribution in [-0.4, -0.2) is 87.1 Å². The van der Waals surface area contributed by atoms with Gasteiger partial charge in [-0.15, -0.1) is 10.2 Å². The molecule has 0 unspecified atom stereocenters. The summed E-state index contributed by atoms with van der Waals surface area (Å²) in [5.74, 6) is -1.87. The molecule has 0 saturated heterocycles. The van der Waals surface area contributed by atoms with Gasteiger partial charge in [0.2, 0.25) is 11.8 Å². The molecule has 4 aromatic heterocycles. The number of aromatic carboxylic acids is 2. The van der Waals surface area contributed by atoms with Gasteiger partial charge < -0.3 is 30.3 Å². The van der Waals surface area contributed by atoms with E-state index in [1.807, 2.05) is 6.07 Å². The third kappa shape index (κ3) is 6.94. The van der Waals surface area contributed by atoms with Gasteiger partial charge in [0, 0.05) is 14.1 Å². The second kappa shape index (κ2) is 12.8. The van der Waals surface area contributed by atoms with Crippen LogP contribution in [0.1, 0.15) is 21.0 Å². The normalized spacial score (nSPS) is 12.9. The summed E-state index contributed by atoms with van der Waals surface area (Å²) in [6.07, 6.45) is 0. The number of amides is 2. The number of anilines is 2. The molecule has 0 atom stereocenters. The number of carbonyl (C=O) groups excluding carboxylic acids is 2. The molecule has 0 spiro atoms. The molecular weight excluding hydrogens is 739 g/mol. The number of pyridine rings is 2. The van der Waals surface area contributed by atoms with Crippen LogP contribution in [0.25, 0.3) is 11.4 Å². The minimum absolute atomic E-state index is 0.0556. The lowest BCUT2D eigenvalue weighted by Crippen LogP contribution is -2.26. The second-order valence-corrected chi connectivity index (χ2v) is 9.94. The molecule has 218 valence electrons. The van der Waals surface area contributed by atoms with Crippen LogP contribution < -0.4 is 20.1 Å². The van der Waals surface area contributed by atoms with Crippen molar-refractivity contribution in [2.24, 2.45) is 14.1 Å². The Bertz CT molecular complexity index is 1690. The number of ether oxygens (including phenoxy) is 2. The Kier molecular flexibility index (Phi) is 9.25. The summed E-state index contributed by atoms with van der Waals surface area (Å²) in [6.45, 7) is -0.0736. The van der Waals surface area contributed by atoms with Gasteiger partial charge in [-0.25, -0.2) is 28.9 Å². The zero-order chi connectivity index (χ0) is 30.6. The summed E-state index contributed by atoms with van der Waals surface area (Å²) >= 11 is 5.03. The van der Waals surface area contributed by atoms with E-state index in [0.717, 1.165) is 8.38 Å². The van der Waals surface area contributed by atoms with E-state index in [-0.39, 0.29) is 52.6 Å². The van der Waals surface area contributed by atoms with Gasteiger partial charge in [-0.3, -0.25) is 9.59 Å². The van der Waals surface area contributed by atoms with E-state index in [1.54, 1.807) is 18.2 Å². The summed E-state index contributed by atoms with van der Waals surface area (Å²) in [4.78, 5) is 51.8. The molecule has 4 N–H and O–H groups in total. The molecule has 0 bridgehead atoms. The first-order valence-electron chi connectivity index (χ1n) is 11.4. The maximum absolute atomic E-state index is 11.2. The van der Waals surface area contributed by atoms with Crippen LogP contribution in [-0.2, 0) is 23.7 Å². The number of nitrogens with one attached hydrogen (secondary N) is 2. The quantitative estimate of drug-likeness (QED) is 0.170. The largest absolute Gasteiger partial charge is 0.476 e. The fourth-order valence-electron chi connectivity index (χ4n) is 3.37. The van der Waals surface area contributed by atoms with Crippen molar-refractivity contribution < 1.29 is 38.9 Å². The third-order valence-electron chi connectivity index (χ3n) is 5.17. The fraction of sp³-hybridized carbons (Fsp3) is 0.182. The van der Waals surface area contributed by atoms with Crippen molar-refractivity contribution >= 4 is 73.6 Å². The van der Waals surface area contributed by atoms with Crippen molar-refractivity contribution in [2.45, 2.75) is 0 Å². The Labute approximate surface area is 256 Å². The fourth-order valence-corrected chi connectivity index (χ4v) is 4.26. The van der Waals surface area contributed by atoms with E-state index in [4.69, 9.17) is 19.7 Å². The first-order chi connectivity index (χ1) is 19.9. The molecule has 2 aliphatic heterocycles. The lowest BCUT2D eigenvalue weighted by Gasteiger charge is -2.16. The number of nitrogens with zero attached hydrogens (tertiary/aromatic N) is 8. The van der Waals surface area contributed by atoms with Gasteiger partial charge in [-0.05, 0) is 62.8 Å². The van der Waals surface area contributed by atoms with Gasteiger partial charge in [0.05, 0.1) is 5.69 Å². The zero-order valence-corrected chi connectivity index (χ0v) is 25.1. The second-order valence-electron chi connectivity index (χ2n) is 8.08. The summed E-state index contributed by atoms with van der Waals surface area (Å²) in [5.41, 5.74) is 1.52. The summed E-state index contributed by atoms with van der Waals surface area (Å²) in [5, 5.41) is 37.3. The van der Waals surface area contributed by atoms with E-state index >= 15 is 0 Å². The van der Waals surface area contributed by atoms with Crippen LogP contribution in [0.15, 0.2) is 28.9 Å². The van der Waals surface area contributed by atoms with Gasteiger partial charge in [0.1, 0.15) is 20.8 Å². The minimum atomic E-state index is -1.15. The number of hydrogen-bond acceptors (Lipinski definition) is 12. The van der Waals surface area contributed by atoms with Gasteiger partial charge in [0.15, 0.2) is 29.2 Å². The van der Waals surface area contributed by atoms with E-state index in [9.17, 15) is 19.2 Å². The summed E-state index contributed by atoms with van der Waals surface area (Å²) in [6, 6.07) is 6.72. The lowest BCUT2D eigenvalue weighted by atomic mass is 10.2. The van der Waals surface area contributed by atoms with E-state index in [0.29, 0.717) is 22.9 Å². The third-order valence-corrected chi connectivity index (χ3v) is 6.31. The maximum Gasteiger partial charge on any atom is 0.357 e. The number of fused-ring (bicyclic) bond motifs is 2. The molecule has 0 fully saturated rings. The van der Waals surface area contributed by atoms with Gasteiger partial charge in [-0.2, -0.15) is 0 Å². The van der Waals surface area contributed by atoms with Gasteiger partial charge in [-0.1, -0.05) is 10.4 Å². The first-order valence-corrected chi connectivity index (χ1v) is 13.3. The van der Waals surface area contributed by atoms with Crippen LogP contribution in [0.2, 0.25) is 0 Å². The van der Waals surface area contributed by atoms with Crippen molar-refractivity contribution in [1.29, 1.82) is 0 Å². The van der Waals surface area contributed by atoms with Crippen molar-refractivity contribution in [3.05, 3.63) is 44.0 Å². The topological polar surface area (TPSA) is 238 Å². The zero-order valence-electron chi connectivity index (χ0n) is 21.4. The van der Waals surface area contributed by atoms with Crippen LogP contribution in [0, 0.1) is 3.70 Å². The van der Waals surface area contributed by atoms with Crippen LogP contribution in [0.3, 0.4) is 0 Å². The molecule has 20 heteroatoms. The van der Waals surface area contributed by atoms with Crippen LogP contribution in [0.4, 0.5) is 11.4 Å². The number of aromatic nitrogens is 8. The van der Waals surface area contributed by atoms with Gasteiger partial charge in [0.25, 0.3) is 11.8 Å². The highest BCUT2D eigenvalue weighted by molar-refractivity contribution is 14.1. The highest BCUT2D eigenvalue weighted by Crippen LogP contribution is 2.29. The standard InChI is InChI=1S/C11H9N5O4.C7H5IN2O2.C4H4BrN3O2/c1-16-9(11(18)19)8(14-15-16)5-2-3-6-10(13-5)20-4-7(17)12-6;8-5-2-1-4-7(10-5)12-3-6(11)9-4;1-8-2(4(9)10)3(5)6-7-8/h2-3H,4H2,1H3,(H,12,17)(H,18,19);1-2H,3H2,(H,9,11);1H3,(H,9,10). The average molecular weight is 757 g/mol. The molecule has 0 radical (unpaired) electrons. The number of carboxylic acid groups (broad SMARTS) is 2. The van der Waals surface area contributed by atoms with E-state index in [2.05, 4.69) is 79.7 Å². The molecular formula is C22H18BrIN10O8. The van der Waals surface area contributed by atoms with E-state index < -0.39 is 11.9 Å². The number of halogens is 2. The molecule has 0 saturated carbocycles. The highest BCUT2D eigenvalue weighted by Gasteiger charge is 2.23. The Hall–Kier alpha value is -4.73. The Morgan fingerprint density at radius 2 is 1.38 bits per heavy atom. The SMILES string of the molecule is Cn1nnc(-c2ccc3c(n2)OCC(=O)N3)c1C(=O)O.Cn1nnc(Br)c1C(=O)O.O=C1COc2nc(I)ccc2N1. The molecule has 42 heavy (non-hydrogen) atoms. The predicted octanol–water partition coefficient (Wildman–Crippen LogP) is 1.20. The van der Waals surface area contributed by atoms with Gasteiger partial charge >= 0.3 is 11.9 Å². The monoisotopic (exact) mass is 756 g/mol. The average Bonchev–Trinajstić information content (AvgIpc) is 3.50. The number of carbonyl (C=O) groups is 4. The maximum atomic E-state index is 11.2. The van der Waals surface area contributed by atoms with Crippen LogP contribution in [0.5, 0.6) is 11.8 Å². The molecule has 0 aliphatic carbocycles. The van der Waals surface area contributed by atoms with Crippen molar-refractivity contribution in [3.8, 4) is 23.1 Å². The number of rotatable bonds is 3. The van der Waals surface area contributed by atoms with Crippen LogP contribution >= 0.6 is 38.5 Å². The van der Waals surface area contributed by atoms with Crippen molar-refractivity contribution in [2.75, 3.05) is 23.8 Å². The summed E-state index contributed by atoms with van der Waals surface area (Å²) < 4.78 is 13.7. The van der Waals surface area contributed by atoms with E-state index in [1.165, 1.54) is 18.8 Å². The smallest absolute Gasteiger partial charge is 0.357 e. The first kappa shape index (κ1) is 30.2. The lowest BCUT2D eigenvalue weighted by molar-refractivity contribution is -0.119. The number of hydrogen-bond donors (Lipinski definition) is 4. The number of carboxylic acids is 2. The minimum Gasteiger partial charge on any atom is -0.476 e. The molecule has 2 amide bonds. The van der Waals surface area contributed by atoms with Crippen molar-refractivity contribution in [1.82, 2.24) is 40.0 Å². The molecule has 2 aliphatic rings. The number of aryl methyl sites for hydroxylation is 2. The summed E-state index contributed by atoms with van der Waals surface area (Å²) in [7, 11) is 3.00. The Morgan fingerprint density at radius 1 is 0.857 bits per heavy atom. The molecule has 4 aromatic rings. The molecule has 6 rings (SSSR count). The molecule has 18 nitrogen and oxygen atoms in total.